The number of hydrogen-bond acceptors (Lipinski definition) is 3. The topological polar surface area (TPSA) is 48.1 Å². The molecule has 2 rings (SSSR count). The van der Waals surface area contributed by atoms with Crippen molar-refractivity contribution in [2.45, 2.75) is 6.61 Å². The first-order valence-electron chi connectivity index (χ1n) is 5.38. The number of pyridine rings is 1. The second kappa shape index (κ2) is 5.95. The van der Waals surface area contributed by atoms with Crippen LogP contribution in [0.2, 0.25) is 5.02 Å². The lowest BCUT2D eigenvalue weighted by Gasteiger charge is -2.10. The molecule has 98 valence electrons. The van der Waals surface area contributed by atoms with Gasteiger partial charge >= 0.3 is 0 Å². The summed E-state index contributed by atoms with van der Waals surface area (Å²) in [6, 6.07) is 5.80. The Kier molecular flexibility index (Phi) is 4.29. The highest BCUT2D eigenvalue weighted by Crippen LogP contribution is 2.18. The van der Waals surface area contributed by atoms with E-state index < -0.39 is 0 Å². The van der Waals surface area contributed by atoms with Crippen LogP contribution in [-0.4, -0.2) is 9.97 Å². The fourth-order valence-corrected chi connectivity index (χ4v) is 1.92. The van der Waals surface area contributed by atoms with Gasteiger partial charge in [-0.25, -0.2) is 4.39 Å². The number of ether oxygens (including phenoxy) is 1. The Labute approximate surface area is 120 Å². The van der Waals surface area contributed by atoms with E-state index in [1.54, 1.807) is 6.07 Å². The number of nitrogens with zero attached hydrogens (tertiary/aromatic N) is 1. The average Bonchev–Trinajstić information content (AvgIpc) is 2.36. The fraction of sp³-hybridized carbons (Fsp3) is 0.0769. The van der Waals surface area contributed by atoms with Crippen LogP contribution in [0.3, 0.4) is 0 Å². The molecule has 0 bridgehead atoms. The van der Waals surface area contributed by atoms with Crippen molar-refractivity contribution in [1.29, 1.82) is 0 Å². The lowest BCUT2D eigenvalue weighted by Crippen LogP contribution is -2.13. The van der Waals surface area contributed by atoms with E-state index in [0.717, 1.165) is 0 Å². The third kappa shape index (κ3) is 3.62. The van der Waals surface area contributed by atoms with Crippen molar-refractivity contribution >= 4 is 28.8 Å². The molecule has 0 spiro atoms. The monoisotopic (exact) mass is 296 g/mol. The molecule has 1 heterocycles. The number of hydrogen-bond donors (Lipinski definition) is 1. The highest BCUT2D eigenvalue weighted by Gasteiger charge is 2.08. The molecule has 19 heavy (non-hydrogen) atoms. The molecule has 0 aliphatic carbocycles. The van der Waals surface area contributed by atoms with Gasteiger partial charge in [-0.1, -0.05) is 23.8 Å². The molecule has 3 nitrogen and oxygen atoms in total. The number of benzene rings is 1. The summed E-state index contributed by atoms with van der Waals surface area (Å²) < 4.78 is 18.7. The van der Waals surface area contributed by atoms with Crippen molar-refractivity contribution in [2.75, 3.05) is 0 Å². The molecule has 0 aliphatic heterocycles. The van der Waals surface area contributed by atoms with Crippen LogP contribution in [0.4, 0.5) is 4.39 Å². The SMILES string of the molecule is NC(=S)c1ccc(F)cc1COc1cncc(Cl)c1. The van der Waals surface area contributed by atoms with Gasteiger partial charge in [0.2, 0.25) is 0 Å². The maximum Gasteiger partial charge on any atom is 0.139 e. The highest BCUT2D eigenvalue weighted by atomic mass is 35.5. The van der Waals surface area contributed by atoms with Crippen LogP contribution in [0.5, 0.6) is 5.75 Å². The molecule has 0 atom stereocenters. The summed E-state index contributed by atoms with van der Waals surface area (Å²) in [5.41, 5.74) is 6.74. The average molecular weight is 297 g/mol. The minimum absolute atomic E-state index is 0.131. The Balaban J connectivity index is 2.19. The standard InChI is InChI=1S/C13H10ClFN2OS/c14-9-4-11(6-17-5-9)18-7-8-3-10(15)1-2-12(8)13(16)19/h1-6H,7H2,(H2,16,19). The maximum absolute atomic E-state index is 13.2. The van der Waals surface area contributed by atoms with Gasteiger partial charge in [0.05, 0.1) is 11.2 Å². The Hall–Kier alpha value is -1.72. The van der Waals surface area contributed by atoms with E-state index in [9.17, 15) is 4.39 Å². The maximum atomic E-state index is 13.2. The summed E-state index contributed by atoms with van der Waals surface area (Å²) in [6.07, 6.45) is 3.02. The highest BCUT2D eigenvalue weighted by molar-refractivity contribution is 7.80. The molecule has 0 saturated carbocycles. The van der Waals surface area contributed by atoms with Gasteiger partial charge in [-0.2, -0.15) is 0 Å². The molecule has 2 aromatic rings. The molecule has 0 amide bonds. The Morgan fingerprint density at radius 1 is 1.37 bits per heavy atom. The zero-order valence-electron chi connectivity index (χ0n) is 9.77. The summed E-state index contributed by atoms with van der Waals surface area (Å²) in [4.78, 5) is 4.09. The molecular weight excluding hydrogens is 287 g/mol. The van der Waals surface area contributed by atoms with Crippen molar-refractivity contribution in [2.24, 2.45) is 5.73 Å². The Morgan fingerprint density at radius 3 is 2.84 bits per heavy atom. The second-order valence-corrected chi connectivity index (χ2v) is 4.67. The van der Waals surface area contributed by atoms with Gasteiger partial charge in [-0.05, 0) is 18.2 Å². The van der Waals surface area contributed by atoms with E-state index in [1.807, 2.05) is 0 Å². The second-order valence-electron chi connectivity index (χ2n) is 3.79. The lowest BCUT2D eigenvalue weighted by atomic mass is 10.1. The first-order chi connectivity index (χ1) is 9.06. The molecular formula is C13H10ClFN2OS. The quantitative estimate of drug-likeness (QED) is 0.881. The van der Waals surface area contributed by atoms with E-state index in [4.69, 9.17) is 34.3 Å². The molecule has 1 aromatic carbocycles. The predicted molar refractivity (Wildman–Crippen MR) is 75.9 cm³/mol. The van der Waals surface area contributed by atoms with Crippen molar-refractivity contribution in [3.8, 4) is 5.75 Å². The van der Waals surface area contributed by atoms with Crippen molar-refractivity contribution in [3.05, 3.63) is 58.6 Å². The van der Waals surface area contributed by atoms with E-state index in [0.29, 0.717) is 21.9 Å². The molecule has 0 fully saturated rings. The van der Waals surface area contributed by atoms with E-state index >= 15 is 0 Å². The van der Waals surface area contributed by atoms with Crippen molar-refractivity contribution < 1.29 is 9.13 Å². The summed E-state index contributed by atoms with van der Waals surface area (Å²) in [7, 11) is 0. The van der Waals surface area contributed by atoms with Gasteiger partial charge in [-0.3, -0.25) is 4.98 Å². The first-order valence-corrected chi connectivity index (χ1v) is 6.16. The van der Waals surface area contributed by atoms with Crippen LogP contribution in [0.1, 0.15) is 11.1 Å². The summed E-state index contributed by atoms with van der Waals surface area (Å²) in [5, 5.41) is 0.464. The van der Waals surface area contributed by atoms with Crippen LogP contribution < -0.4 is 10.5 Å². The van der Waals surface area contributed by atoms with Gasteiger partial charge in [0, 0.05) is 23.4 Å². The zero-order valence-corrected chi connectivity index (χ0v) is 11.3. The van der Waals surface area contributed by atoms with Crippen LogP contribution in [-0.2, 0) is 6.61 Å². The van der Waals surface area contributed by atoms with Crippen LogP contribution in [0, 0.1) is 5.82 Å². The molecule has 0 radical (unpaired) electrons. The minimum atomic E-state index is -0.372. The fourth-order valence-electron chi connectivity index (χ4n) is 1.55. The molecule has 6 heteroatoms. The smallest absolute Gasteiger partial charge is 0.139 e. The van der Waals surface area contributed by atoms with Crippen LogP contribution in [0.25, 0.3) is 0 Å². The molecule has 0 saturated heterocycles. The lowest BCUT2D eigenvalue weighted by molar-refractivity contribution is 0.304. The van der Waals surface area contributed by atoms with Gasteiger partial charge in [0.25, 0.3) is 0 Å². The van der Waals surface area contributed by atoms with Crippen LogP contribution in [0.15, 0.2) is 36.7 Å². The van der Waals surface area contributed by atoms with Gasteiger partial charge in [0.1, 0.15) is 23.2 Å². The van der Waals surface area contributed by atoms with Crippen LogP contribution >= 0.6 is 23.8 Å². The predicted octanol–water partition coefficient (Wildman–Crippen LogP) is 3.09. The minimum Gasteiger partial charge on any atom is -0.487 e. The van der Waals surface area contributed by atoms with Gasteiger partial charge in [0.15, 0.2) is 0 Å². The number of thiocarbonyl (C=S) groups is 1. The Bertz CT molecular complexity index is 621. The molecule has 0 unspecified atom stereocenters. The van der Waals surface area contributed by atoms with Gasteiger partial charge < -0.3 is 10.5 Å². The number of halogens is 2. The van der Waals surface area contributed by atoms with Gasteiger partial charge in [-0.15, -0.1) is 0 Å². The van der Waals surface area contributed by atoms with E-state index in [-0.39, 0.29) is 17.4 Å². The normalized spacial score (nSPS) is 10.2. The summed E-state index contributed by atoms with van der Waals surface area (Å²) in [6.45, 7) is 0.131. The third-order valence-electron chi connectivity index (χ3n) is 2.41. The molecule has 0 aliphatic rings. The zero-order chi connectivity index (χ0) is 13.8. The number of aromatic nitrogens is 1. The third-order valence-corrected chi connectivity index (χ3v) is 2.83. The summed E-state index contributed by atoms with van der Waals surface area (Å²) >= 11 is 10.7. The Morgan fingerprint density at radius 2 is 2.16 bits per heavy atom. The summed E-state index contributed by atoms with van der Waals surface area (Å²) in [5.74, 6) is 0.119. The van der Waals surface area contributed by atoms with E-state index in [2.05, 4.69) is 4.98 Å². The largest absolute Gasteiger partial charge is 0.487 e. The van der Waals surface area contributed by atoms with Crippen molar-refractivity contribution in [3.63, 3.8) is 0 Å². The number of rotatable bonds is 4. The molecule has 2 N–H and O–H groups in total. The molecule has 1 aromatic heterocycles. The number of nitrogens with two attached hydrogens (primary N) is 1. The first kappa shape index (κ1) is 13.7. The van der Waals surface area contributed by atoms with E-state index in [1.165, 1.54) is 30.6 Å². The van der Waals surface area contributed by atoms with Crippen molar-refractivity contribution in [1.82, 2.24) is 4.98 Å².